The van der Waals surface area contributed by atoms with E-state index in [0.717, 1.165) is 6.16 Å². The SMILES string of the molecule is CC[PH](CO)(CO)CO. The van der Waals surface area contributed by atoms with Crippen LogP contribution in [0.5, 0.6) is 0 Å². The first-order valence-corrected chi connectivity index (χ1v) is 5.90. The Kier molecular flexibility index (Phi) is 4.32. The molecule has 0 spiro atoms. The monoisotopic (exact) mass is 154 g/mol. The number of hydrogen-bond acceptors (Lipinski definition) is 3. The van der Waals surface area contributed by atoms with Crippen molar-refractivity contribution in [2.24, 2.45) is 0 Å². The van der Waals surface area contributed by atoms with Gasteiger partial charge in [-0.1, -0.05) is 0 Å². The Morgan fingerprint density at radius 1 is 1.00 bits per heavy atom. The summed E-state index contributed by atoms with van der Waals surface area (Å²) in [7, 11) is -2.02. The Morgan fingerprint density at radius 2 is 1.33 bits per heavy atom. The second kappa shape index (κ2) is 4.18. The molecule has 0 aliphatic rings. The van der Waals surface area contributed by atoms with Crippen molar-refractivity contribution >= 4 is 7.26 Å². The van der Waals surface area contributed by atoms with Gasteiger partial charge in [-0.25, -0.2) is 0 Å². The van der Waals surface area contributed by atoms with Gasteiger partial charge in [0.25, 0.3) is 0 Å². The summed E-state index contributed by atoms with van der Waals surface area (Å²) in [5.41, 5.74) is 0. The minimum atomic E-state index is -2.02. The molecule has 0 fully saturated rings. The average Bonchev–Trinajstić information content (AvgIpc) is 1.95. The van der Waals surface area contributed by atoms with Gasteiger partial charge in [-0.2, -0.15) is 0 Å². The average molecular weight is 154 g/mol. The molecule has 0 aliphatic carbocycles. The fourth-order valence-corrected chi connectivity index (χ4v) is 1.46. The van der Waals surface area contributed by atoms with E-state index in [0.29, 0.717) is 0 Å². The molecule has 0 radical (unpaired) electrons. The zero-order chi connectivity index (χ0) is 7.33. The summed E-state index contributed by atoms with van der Waals surface area (Å²) in [6.45, 7) is 1.88. The van der Waals surface area contributed by atoms with E-state index in [2.05, 4.69) is 0 Å². The quantitative estimate of drug-likeness (QED) is 0.483. The number of rotatable bonds is 4. The molecular formula is C5H15O3P. The maximum absolute atomic E-state index is 8.72. The third-order valence-corrected chi connectivity index (χ3v) is 5.27. The maximum atomic E-state index is 8.72. The first kappa shape index (κ1) is 9.31. The summed E-state index contributed by atoms with van der Waals surface area (Å²) in [4.78, 5) is 0. The van der Waals surface area contributed by atoms with Gasteiger partial charge in [0.1, 0.15) is 0 Å². The molecule has 0 aliphatic heterocycles. The number of aliphatic hydroxyl groups is 3. The molecule has 3 N–H and O–H groups in total. The van der Waals surface area contributed by atoms with E-state index in [-0.39, 0.29) is 19.0 Å². The normalized spacial score (nSPS) is 13.8. The summed E-state index contributed by atoms with van der Waals surface area (Å²) in [5, 5.41) is 26.2. The molecule has 0 aromatic rings. The van der Waals surface area contributed by atoms with Crippen molar-refractivity contribution in [2.45, 2.75) is 6.92 Å². The van der Waals surface area contributed by atoms with Gasteiger partial charge in [-0.3, -0.25) is 0 Å². The van der Waals surface area contributed by atoms with Crippen molar-refractivity contribution in [3.8, 4) is 0 Å². The van der Waals surface area contributed by atoms with Crippen LogP contribution in [0.15, 0.2) is 0 Å². The van der Waals surface area contributed by atoms with Gasteiger partial charge < -0.3 is 0 Å². The molecule has 0 saturated carbocycles. The van der Waals surface area contributed by atoms with E-state index >= 15 is 0 Å². The second-order valence-electron chi connectivity index (χ2n) is 2.33. The van der Waals surface area contributed by atoms with Crippen LogP contribution in [0.4, 0.5) is 0 Å². The summed E-state index contributed by atoms with van der Waals surface area (Å²) in [5.74, 6) is 0. The van der Waals surface area contributed by atoms with Crippen LogP contribution in [-0.4, -0.2) is 40.5 Å². The zero-order valence-corrected chi connectivity index (χ0v) is 6.67. The molecule has 9 heavy (non-hydrogen) atoms. The molecule has 3 nitrogen and oxygen atoms in total. The van der Waals surface area contributed by atoms with E-state index < -0.39 is 7.26 Å². The van der Waals surface area contributed by atoms with Crippen LogP contribution in [0.3, 0.4) is 0 Å². The van der Waals surface area contributed by atoms with Crippen LogP contribution in [0, 0.1) is 0 Å². The summed E-state index contributed by atoms with van der Waals surface area (Å²) in [6, 6.07) is 0. The first-order valence-electron chi connectivity index (χ1n) is 3.07. The van der Waals surface area contributed by atoms with Gasteiger partial charge in [-0.05, 0) is 0 Å². The molecule has 0 aromatic carbocycles. The second-order valence-corrected chi connectivity index (χ2v) is 6.98. The molecule has 0 saturated heterocycles. The summed E-state index contributed by atoms with van der Waals surface area (Å²) in [6.07, 6.45) is 0.681. The molecule has 0 bridgehead atoms. The Hall–Kier alpha value is 0.310. The Bertz CT molecular complexity index is 55.1. The predicted octanol–water partition coefficient (Wildman–Crippen LogP) is -0.394. The van der Waals surface area contributed by atoms with E-state index in [1.807, 2.05) is 6.92 Å². The fourth-order valence-electron chi connectivity index (χ4n) is 0.485. The standard InChI is InChI=1S/C5H15O3P/c1-2-9(3-6,4-7)5-8/h6-9H,2-5H2,1H3. The van der Waals surface area contributed by atoms with Crippen LogP contribution in [0.1, 0.15) is 6.92 Å². The fraction of sp³-hybridized carbons (Fsp3) is 1.00. The van der Waals surface area contributed by atoms with Crippen LogP contribution in [0.2, 0.25) is 0 Å². The van der Waals surface area contributed by atoms with Crippen molar-refractivity contribution in [3.05, 3.63) is 0 Å². The molecule has 0 unspecified atom stereocenters. The molecule has 0 rings (SSSR count). The molecule has 0 aromatic heterocycles. The van der Waals surface area contributed by atoms with Crippen molar-refractivity contribution in [1.29, 1.82) is 0 Å². The number of hydrogen-bond donors (Lipinski definition) is 3. The molecule has 0 heterocycles. The van der Waals surface area contributed by atoms with E-state index in [1.165, 1.54) is 0 Å². The van der Waals surface area contributed by atoms with E-state index in [1.54, 1.807) is 0 Å². The van der Waals surface area contributed by atoms with E-state index in [9.17, 15) is 0 Å². The third kappa shape index (κ3) is 2.18. The van der Waals surface area contributed by atoms with Gasteiger partial charge in [0.15, 0.2) is 0 Å². The van der Waals surface area contributed by atoms with Crippen molar-refractivity contribution in [1.82, 2.24) is 0 Å². The van der Waals surface area contributed by atoms with Gasteiger partial charge in [0, 0.05) is 0 Å². The van der Waals surface area contributed by atoms with E-state index in [4.69, 9.17) is 15.3 Å². The minimum absolute atomic E-state index is 0.0174. The van der Waals surface area contributed by atoms with Gasteiger partial charge in [0.05, 0.1) is 0 Å². The molecular weight excluding hydrogens is 139 g/mol. The van der Waals surface area contributed by atoms with Crippen LogP contribution >= 0.6 is 7.26 Å². The molecule has 0 atom stereocenters. The Balaban J connectivity index is 3.82. The van der Waals surface area contributed by atoms with Crippen molar-refractivity contribution in [2.75, 3.05) is 25.2 Å². The Labute approximate surface area is 55.7 Å². The predicted molar refractivity (Wildman–Crippen MR) is 40.1 cm³/mol. The first-order chi connectivity index (χ1) is 4.24. The van der Waals surface area contributed by atoms with Gasteiger partial charge in [-0.15, -0.1) is 0 Å². The van der Waals surface area contributed by atoms with Crippen LogP contribution in [-0.2, 0) is 0 Å². The van der Waals surface area contributed by atoms with Gasteiger partial charge in [0.2, 0.25) is 0 Å². The summed E-state index contributed by atoms with van der Waals surface area (Å²) < 4.78 is 0. The topological polar surface area (TPSA) is 60.7 Å². The van der Waals surface area contributed by atoms with Gasteiger partial charge >= 0.3 is 54.7 Å². The molecule has 58 valence electrons. The third-order valence-electron chi connectivity index (χ3n) is 1.76. The summed E-state index contributed by atoms with van der Waals surface area (Å²) >= 11 is 0. The molecule has 4 heteroatoms. The molecule has 0 amide bonds. The van der Waals surface area contributed by atoms with Crippen molar-refractivity contribution in [3.63, 3.8) is 0 Å². The zero-order valence-electron chi connectivity index (χ0n) is 5.67. The number of aliphatic hydroxyl groups excluding tert-OH is 3. The van der Waals surface area contributed by atoms with Crippen LogP contribution in [0.25, 0.3) is 0 Å². The van der Waals surface area contributed by atoms with Crippen LogP contribution < -0.4 is 0 Å². The van der Waals surface area contributed by atoms with Crippen molar-refractivity contribution < 1.29 is 15.3 Å². The Morgan fingerprint density at radius 3 is 1.33 bits per heavy atom.